The molecule has 84 valence electrons. The summed E-state index contributed by atoms with van der Waals surface area (Å²) in [5, 5.41) is 1.74. The van der Waals surface area contributed by atoms with Crippen molar-refractivity contribution in [1.29, 1.82) is 0 Å². The lowest BCUT2D eigenvalue weighted by Gasteiger charge is -2.31. The summed E-state index contributed by atoms with van der Waals surface area (Å²) in [4.78, 5) is 2.17. The fourth-order valence-corrected chi connectivity index (χ4v) is 2.20. The molecule has 1 heterocycles. The zero-order chi connectivity index (χ0) is 11.7. The van der Waals surface area contributed by atoms with E-state index < -0.39 is 0 Å². The number of hydrogen-bond donors (Lipinski definition) is 0. The predicted molar refractivity (Wildman–Crippen MR) is 73.6 cm³/mol. The molecular formula is C14H11NOS. The number of para-hydroxylation sites is 4. The van der Waals surface area contributed by atoms with Crippen LogP contribution in [-0.2, 0) is 0 Å². The molecule has 2 nitrogen and oxygen atoms in total. The molecule has 17 heavy (non-hydrogen) atoms. The summed E-state index contributed by atoms with van der Waals surface area (Å²) < 4.78 is 5.86. The molecule has 0 N–H and O–H groups in total. The Hall–Kier alpha value is -1.87. The van der Waals surface area contributed by atoms with Gasteiger partial charge in [0.15, 0.2) is 11.5 Å². The van der Waals surface area contributed by atoms with Gasteiger partial charge in [0.2, 0.25) is 0 Å². The number of fused-ring (bicyclic) bond motifs is 2. The van der Waals surface area contributed by atoms with Crippen LogP contribution < -0.4 is 9.64 Å². The van der Waals surface area contributed by atoms with Gasteiger partial charge in [-0.2, -0.15) is 0 Å². The summed E-state index contributed by atoms with van der Waals surface area (Å²) in [5.41, 5.74) is 2.12. The first-order valence-electron chi connectivity index (χ1n) is 5.47. The van der Waals surface area contributed by atoms with E-state index >= 15 is 0 Å². The van der Waals surface area contributed by atoms with Crippen LogP contribution >= 0.6 is 12.2 Å². The Bertz CT molecular complexity index is 522. The van der Waals surface area contributed by atoms with Gasteiger partial charge in [-0.3, -0.25) is 0 Å². The van der Waals surface area contributed by atoms with E-state index in [1.165, 1.54) is 0 Å². The lowest BCUT2D eigenvalue weighted by Crippen LogP contribution is -2.22. The van der Waals surface area contributed by atoms with Gasteiger partial charge in [0.05, 0.1) is 17.9 Å². The van der Waals surface area contributed by atoms with E-state index in [4.69, 9.17) is 17.0 Å². The molecule has 0 saturated carbocycles. The summed E-state index contributed by atoms with van der Waals surface area (Å²) >= 11 is 4.98. The normalized spacial score (nSPS) is 12.4. The van der Waals surface area contributed by atoms with Crippen LogP contribution in [0.4, 0.5) is 11.4 Å². The minimum atomic E-state index is 0.701. The molecular weight excluding hydrogens is 230 g/mol. The molecule has 0 spiro atoms. The van der Waals surface area contributed by atoms with Crippen molar-refractivity contribution in [1.82, 2.24) is 0 Å². The molecule has 0 unspecified atom stereocenters. The van der Waals surface area contributed by atoms with Crippen molar-refractivity contribution in [3.8, 4) is 11.5 Å². The van der Waals surface area contributed by atoms with Crippen LogP contribution in [0.2, 0.25) is 0 Å². The van der Waals surface area contributed by atoms with Gasteiger partial charge < -0.3 is 9.64 Å². The fraction of sp³-hybridized carbons (Fsp3) is 0.0714. The molecule has 0 atom stereocenters. The first kappa shape index (κ1) is 10.3. The molecule has 0 amide bonds. The van der Waals surface area contributed by atoms with Crippen LogP contribution in [0.3, 0.4) is 0 Å². The molecule has 0 aliphatic carbocycles. The third-order valence-electron chi connectivity index (χ3n) is 2.79. The lowest BCUT2D eigenvalue weighted by atomic mass is 10.1. The van der Waals surface area contributed by atoms with Gasteiger partial charge in [-0.05, 0) is 29.6 Å². The van der Waals surface area contributed by atoms with Crippen molar-refractivity contribution in [2.45, 2.75) is 0 Å². The highest BCUT2D eigenvalue weighted by molar-refractivity contribution is 7.79. The zero-order valence-electron chi connectivity index (χ0n) is 9.17. The largest absolute Gasteiger partial charge is 0.453 e. The van der Waals surface area contributed by atoms with Gasteiger partial charge in [-0.1, -0.05) is 36.5 Å². The van der Waals surface area contributed by atoms with E-state index in [-0.39, 0.29) is 0 Å². The summed E-state index contributed by atoms with van der Waals surface area (Å²) in [5.74, 6) is 1.76. The van der Waals surface area contributed by atoms with Crippen molar-refractivity contribution < 1.29 is 4.74 Å². The monoisotopic (exact) mass is 241 g/mol. The Morgan fingerprint density at radius 2 is 1.47 bits per heavy atom. The van der Waals surface area contributed by atoms with Gasteiger partial charge in [-0.15, -0.1) is 0 Å². The van der Waals surface area contributed by atoms with Crippen LogP contribution in [0, 0.1) is 0 Å². The van der Waals surface area contributed by atoms with Gasteiger partial charge >= 0.3 is 0 Å². The van der Waals surface area contributed by atoms with Gasteiger partial charge in [-0.25, -0.2) is 0 Å². The SMILES string of the molecule is S=CCN1c2ccccc2Oc2ccccc21. The van der Waals surface area contributed by atoms with Crippen LogP contribution in [0.15, 0.2) is 48.5 Å². The van der Waals surface area contributed by atoms with Gasteiger partial charge in [0.25, 0.3) is 0 Å². The first-order chi connectivity index (χ1) is 8.40. The maximum atomic E-state index is 5.86. The molecule has 3 rings (SSSR count). The van der Waals surface area contributed by atoms with E-state index in [9.17, 15) is 0 Å². The second-order valence-electron chi connectivity index (χ2n) is 3.81. The first-order valence-corrected chi connectivity index (χ1v) is 5.94. The van der Waals surface area contributed by atoms with Gasteiger partial charge in [0.1, 0.15) is 0 Å². The lowest BCUT2D eigenvalue weighted by molar-refractivity contribution is 0.475. The smallest absolute Gasteiger partial charge is 0.151 e. The average Bonchev–Trinajstić information content (AvgIpc) is 2.39. The number of nitrogens with zero attached hydrogens (tertiary/aromatic N) is 1. The van der Waals surface area contributed by atoms with Crippen LogP contribution in [-0.4, -0.2) is 11.9 Å². The maximum absolute atomic E-state index is 5.86. The number of ether oxygens (including phenoxy) is 1. The highest BCUT2D eigenvalue weighted by Crippen LogP contribution is 2.45. The Kier molecular flexibility index (Phi) is 2.53. The Labute approximate surface area is 105 Å². The zero-order valence-corrected chi connectivity index (χ0v) is 9.98. The predicted octanol–water partition coefficient (Wildman–Crippen LogP) is 3.93. The van der Waals surface area contributed by atoms with Crippen LogP contribution in [0.1, 0.15) is 0 Å². The Balaban J connectivity index is 2.16. The summed E-state index contributed by atoms with van der Waals surface area (Å²) in [7, 11) is 0. The highest BCUT2D eigenvalue weighted by atomic mass is 32.1. The summed E-state index contributed by atoms with van der Waals surface area (Å²) in [6.07, 6.45) is 0. The van der Waals surface area contributed by atoms with Crippen molar-refractivity contribution in [2.24, 2.45) is 0 Å². The molecule has 3 heteroatoms. The van der Waals surface area contributed by atoms with Gasteiger partial charge in [0, 0.05) is 0 Å². The number of benzene rings is 2. The quantitative estimate of drug-likeness (QED) is 0.739. The molecule has 2 aromatic carbocycles. The van der Waals surface area contributed by atoms with E-state index in [0.717, 1.165) is 22.9 Å². The molecule has 0 radical (unpaired) electrons. The maximum Gasteiger partial charge on any atom is 0.151 e. The third-order valence-corrected chi connectivity index (χ3v) is 2.94. The third kappa shape index (κ3) is 1.68. The molecule has 0 saturated heterocycles. The number of anilines is 2. The van der Waals surface area contributed by atoms with E-state index in [0.29, 0.717) is 6.54 Å². The second kappa shape index (κ2) is 4.18. The average molecular weight is 241 g/mol. The molecule has 0 bridgehead atoms. The number of thiocarbonyl (C=S) groups is 1. The Morgan fingerprint density at radius 3 is 2.00 bits per heavy atom. The standard InChI is InChI=1S/C14H11NOS/c17-10-9-15-11-5-1-3-7-13(11)16-14-8-4-2-6-12(14)15/h1-8,10H,9H2. The Morgan fingerprint density at radius 1 is 0.941 bits per heavy atom. The highest BCUT2D eigenvalue weighted by Gasteiger charge is 2.22. The number of rotatable bonds is 2. The summed E-state index contributed by atoms with van der Waals surface area (Å²) in [6.45, 7) is 0.701. The van der Waals surface area contributed by atoms with E-state index in [1.807, 2.05) is 48.5 Å². The molecule has 0 aromatic heterocycles. The van der Waals surface area contributed by atoms with Crippen molar-refractivity contribution in [3.05, 3.63) is 48.5 Å². The second-order valence-corrected chi connectivity index (χ2v) is 4.15. The molecule has 1 aliphatic heterocycles. The van der Waals surface area contributed by atoms with Crippen molar-refractivity contribution >= 4 is 29.0 Å². The van der Waals surface area contributed by atoms with Crippen LogP contribution in [0.5, 0.6) is 11.5 Å². The molecule has 1 aliphatic rings. The topological polar surface area (TPSA) is 12.5 Å². The van der Waals surface area contributed by atoms with Crippen molar-refractivity contribution in [2.75, 3.05) is 11.4 Å². The minimum Gasteiger partial charge on any atom is -0.453 e. The summed E-state index contributed by atoms with van der Waals surface area (Å²) in [6, 6.07) is 16.0. The number of hydrogen-bond acceptors (Lipinski definition) is 3. The molecule has 2 aromatic rings. The van der Waals surface area contributed by atoms with Crippen LogP contribution in [0.25, 0.3) is 0 Å². The van der Waals surface area contributed by atoms with E-state index in [1.54, 1.807) is 5.37 Å². The van der Waals surface area contributed by atoms with Crippen molar-refractivity contribution in [3.63, 3.8) is 0 Å². The molecule has 0 fully saturated rings. The minimum absolute atomic E-state index is 0.701. The van der Waals surface area contributed by atoms with E-state index in [2.05, 4.69) is 4.90 Å². The fourth-order valence-electron chi connectivity index (χ4n) is 2.05.